The lowest BCUT2D eigenvalue weighted by Gasteiger charge is -2.04. The Morgan fingerprint density at radius 1 is 1.14 bits per heavy atom. The van der Waals surface area contributed by atoms with Gasteiger partial charge >= 0.3 is 5.16 Å². The third-order valence-electron chi connectivity index (χ3n) is 4.76. The molecule has 0 fully saturated rings. The maximum Gasteiger partial charge on any atom is 0.342 e. The number of nitro benzene ring substituents is 1. The SMILES string of the molecule is O=C(CSc1n[nH]c(-c2cccc([N+](=O)[O-])c2)[n+]1-c1ccccc1)NN=Cc1ccc(O)cc1O. The van der Waals surface area contributed by atoms with Crippen molar-refractivity contribution in [3.8, 4) is 28.6 Å². The molecule has 4 aromatic rings. The molecule has 3 aromatic carbocycles. The summed E-state index contributed by atoms with van der Waals surface area (Å²) in [6, 6.07) is 19.5. The fourth-order valence-electron chi connectivity index (χ4n) is 3.15. The number of carbonyl (C=O) groups excluding carboxylic acids is 1. The third-order valence-corrected chi connectivity index (χ3v) is 5.69. The van der Waals surface area contributed by atoms with E-state index in [-0.39, 0.29) is 22.9 Å². The Bertz CT molecular complexity index is 1410. The van der Waals surface area contributed by atoms with Crippen molar-refractivity contribution in [3.63, 3.8) is 0 Å². The predicted octanol–water partition coefficient (Wildman–Crippen LogP) is 2.92. The van der Waals surface area contributed by atoms with Crippen molar-refractivity contribution >= 4 is 29.6 Å². The van der Waals surface area contributed by atoms with Gasteiger partial charge in [-0.1, -0.05) is 24.3 Å². The second-order valence-corrected chi connectivity index (χ2v) is 8.10. The second kappa shape index (κ2) is 10.5. The number of aromatic hydroxyl groups is 2. The van der Waals surface area contributed by atoms with E-state index in [1.807, 2.05) is 30.3 Å². The molecule has 0 aliphatic heterocycles. The first-order valence-corrected chi connectivity index (χ1v) is 11.2. The largest absolute Gasteiger partial charge is 0.508 e. The monoisotopic (exact) mass is 491 g/mol. The quantitative estimate of drug-likeness (QED) is 0.0970. The molecule has 1 amide bonds. The maximum atomic E-state index is 12.3. The number of hydrazone groups is 1. The summed E-state index contributed by atoms with van der Waals surface area (Å²) in [5, 5.41) is 41.8. The van der Waals surface area contributed by atoms with Crippen molar-refractivity contribution in [2.24, 2.45) is 5.10 Å². The smallest absolute Gasteiger partial charge is 0.342 e. The molecule has 1 aromatic heterocycles. The number of phenols is 2. The van der Waals surface area contributed by atoms with Gasteiger partial charge in [0.1, 0.15) is 17.2 Å². The Kier molecular flexibility index (Phi) is 7.02. The van der Waals surface area contributed by atoms with Crippen LogP contribution < -0.4 is 9.99 Å². The molecule has 176 valence electrons. The lowest BCUT2D eigenvalue weighted by molar-refractivity contribution is -0.625. The van der Waals surface area contributed by atoms with Crippen LogP contribution in [0.4, 0.5) is 5.69 Å². The number of benzene rings is 3. The number of para-hydroxylation sites is 1. The Hall–Kier alpha value is -4.71. The van der Waals surface area contributed by atoms with Crippen molar-refractivity contribution in [2.75, 3.05) is 5.75 Å². The molecule has 12 heteroatoms. The molecule has 4 rings (SSSR count). The van der Waals surface area contributed by atoms with Crippen LogP contribution in [0, 0.1) is 10.1 Å². The zero-order valence-corrected chi connectivity index (χ0v) is 18.8. The van der Waals surface area contributed by atoms with Gasteiger partial charge < -0.3 is 10.2 Å². The fraction of sp³-hybridized carbons (Fsp3) is 0.0435. The van der Waals surface area contributed by atoms with Gasteiger partial charge in [-0.15, -0.1) is 5.10 Å². The molecule has 0 unspecified atom stereocenters. The average Bonchev–Trinajstić information content (AvgIpc) is 3.29. The van der Waals surface area contributed by atoms with E-state index in [0.29, 0.717) is 22.1 Å². The van der Waals surface area contributed by atoms with E-state index in [1.165, 1.54) is 30.5 Å². The highest BCUT2D eigenvalue weighted by Crippen LogP contribution is 2.24. The van der Waals surface area contributed by atoms with Crippen LogP contribution in [0.15, 0.2) is 83.1 Å². The van der Waals surface area contributed by atoms with Crippen LogP contribution in [0.3, 0.4) is 0 Å². The Morgan fingerprint density at radius 3 is 2.69 bits per heavy atom. The highest BCUT2D eigenvalue weighted by atomic mass is 32.2. The summed E-state index contributed by atoms with van der Waals surface area (Å²) >= 11 is 1.15. The van der Waals surface area contributed by atoms with Gasteiger partial charge in [-0.25, -0.2) is 5.43 Å². The van der Waals surface area contributed by atoms with Crippen LogP contribution in [-0.4, -0.2) is 43.2 Å². The molecule has 35 heavy (non-hydrogen) atoms. The van der Waals surface area contributed by atoms with Gasteiger partial charge in [-0.05, 0) is 42.1 Å². The molecule has 11 nitrogen and oxygen atoms in total. The number of rotatable bonds is 8. The third kappa shape index (κ3) is 5.62. The van der Waals surface area contributed by atoms with E-state index >= 15 is 0 Å². The van der Waals surface area contributed by atoms with Crippen LogP contribution in [0.25, 0.3) is 17.1 Å². The summed E-state index contributed by atoms with van der Waals surface area (Å²) in [4.78, 5) is 23.1. The first kappa shape index (κ1) is 23.4. The molecular formula is C23H19N6O5S+. The van der Waals surface area contributed by atoms with E-state index in [9.17, 15) is 25.1 Å². The van der Waals surface area contributed by atoms with Crippen molar-refractivity contribution in [3.05, 3.63) is 88.5 Å². The highest BCUT2D eigenvalue weighted by Gasteiger charge is 2.25. The van der Waals surface area contributed by atoms with Gasteiger partial charge in [0.15, 0.2) is 0 Å². The minimum Gasteiger partial charge on any atom is -0.508 e. The molecule has 0 spiro atoms. The van der Waals surface area contributed by atoms with Gasteiger partial charge in [-0.2, -0.15) is 9.67 Å². The first-order chi connectivity index (χ1) is 16.9. The number of nitro groups is 1. The van der Waals surface area contributed by atoms with Gasteiger partial charge in [0.05, 0.1) is 27.6 Å². The van der Waals surface area contributed by atoms with Crippen LogP contribution in [-0.2, 0) is 4.79 Å². The van der Waals surface area contributed by atoms with E-state index in [4.69, 9.17) is 0 Å². The summed E-state index contributed by atoms with van der Waals surface area (Å²) < 4.78 is 1.77. The average molecular weight is 492 g/mol. The van der Waals surface area contributed by atoms with Crippen LogP contribution >= 0.6 is 11.8 Å². The Morgan fingerprint density at radius 2 is 1.94 bits per heavy atom. The van der Waals surface area contributed by atoms with Crippen molar-refractivity contribution < 1.29 is 24.5 Å². The molecule has 0 saturated heterocycles. The number of nitrogens with zero attached hydrogens (tertiary/aromatic N) is 4. The zero-order chi connectivity index (χ0) is 24.8. The number of aromatic amines is 1. The molecule has 0 aliphatic carbocycles. The number of aromatic nitrogens is 3. The summed E-state index contributed by atoms with van der Waals surface area (Å²) in [5.41, 5.74) is 3.96. The number of phenolic OH excluding ortho intramolecular Hbond substituents is 2. The van der Waals surface area contributed by atoms with E-state index in [1.54, 1.807) is 16.7 Å². The van der Waals surface area contributed by atoms with E-state index < -0.39 is 10.8 Å². The number of hydrogen-bond acceptors (Lipinski definition) is 8. The number of amides is 1. The lowest BCUT2D eigenvalue weighted by atomic mass is 10.2. The molecular weight excluding hydrogens is 472 g/mol. The number of nitrogens with one attached hydrogen (secondary N) is 2. The van der Waals surface area contributed by atoms with Gasteiger partial charge in [0, 0.05) is 23.8 Å². The highest BCUT2D eigenvalue weighted by molar-refractivity contribution is 7.99. The van der Waals surface area contributed by atoms with Crippen LogP contribution in [0.2, 0.25) is 0 Å². The standard InChI is InChI=1S/C23H18N6O5S/c30-19-10-9-16(20(31)12-19)13-24-25-21(32)14-35-23-27-26-22(28(23)17-6-2-1-3-7-17)15-5-4-8-18(11-15)29(33)34/h1-13H,14H2,(H3,24,25,30,31,32)/p+1. The summed E-state index contributed by atoms with van der Waals surface area (Å²) in [6.45, 7) is 0. The Balaban J connectivity index is 1.53. The van der Waals surface area contributed by atoms with Gasteiger partial charge in [0.25, 0.3) is 17.4 Å². The van der Waals surface area contributed by atoms with Crippen LogP contribution in [0.5, 0.6) is 11.5 Å². The number of H-pyrrole nitrogens is 1. The maximum absolute atomic E-state index is 12.3. The van der Waals surface area contributed by atoms with Gasteiger partial charge in [-0.3, -0.25) is 14.9 Å². The molecule has 1 heterocycles. The van der Waals surface area contributed by atoms with Gasteiger partial charge in [0.2, 0.25) is 0 Å². The van der Waals surface area contributed by atoms with E-state index in [2.05, 4.69) is 20.7 Å². The fourth-order valence-corrected chi connectivity index (χ4v) is 3.91. The minimum absolute atomic E-state index is 0.0229. The summed E-state index contributed by atoms with van der Waals surface area (Å²) in [5.74, 6) is -0.181. The minimum atomic E-state index is -0.467. The number of carbonyl (C=O) groups is 1. The van der Waals surface area contributed by atoms with Crippen molar-refractivity contribution in [1.29, 1.82) is 0 Å². The van der Waals surface area contributed by atoms with Crippen molar-refractivity contribution in [2.45, 2.75) is 5.16 Å². The molecule has 0 atom stereocenters. The number of hydrogen-bond donors (Lipinski definition) is 4. The first-order valence-electron chi connectivity index (χ1n) is 10.2. The zero-order valence-electron chi connectivity index (χ0n) is 18.0. The van der Waals surface area contributed by atoms with E-state index in [0.717, 1.165) is 23.5 Å². The molecule has 0 aliphatic rings. The number of thioether (sulfide) groups is 1. The topological polar surface area (TPSA) is 158 Å². The number of non-ortho nitro benzene ring substituents is 1. The summed E-state index contributed by atoms with van der Waals surface area (Å²) in [7, 11) is 0. The van der Waals surface area contributed by atoms with Crippen molar-refractivity contribution in [1.82, 2.24) is 15.6 Å². The predicted molar refractivity (Wildman–Crippen MR) is 128 cm³/mol. The summed E-state index contributed by atoms with van der Waals surface area (Å²) in [6.07, 6.45) is 1.26. The molecule has 0 bridgehead atoms. The lowest BCUT2D eigenvalue weighted by Crippen LogP contribution is -2.34. The normalized spacial score (nSPS) is 11.0. The van der Waals surface area contributed by atoms with Crippen LogP contribution in [0.1, 0.15) is 5.56 Å². The molecule has 0 saturated carbocycles. The molecule has 0 radical (unpaired) electrons. The second-order valence-electron chi connectivity index (χ2n) is 7.16. The molecule has 4 N–H and O–H groups in total. The Labute approximate surface area is 202 Å².